The van der Waals surface area contributed by atoms with Crippen LogP contribution in [0.5, 0.6) is 0 Å². The number of carbonyl (C=O) groups excluding carboxylic acids is 1. The first-order valence-corrected chi connectivity index (χ1v) is 10.2. The van der Waals surface area contributed by atoms with E-state index in [1.54, 1.807) is 19.0 Å². The second-order valence-electron chi connectivity index (χ2n) is 8.12. The summed E-state index contributed by atoms with van der Waals surface area (Å²) >= 11 is 0. The van der Waals surface area contributed by atoms with Crippen molar-refractivity contribution in [1.29, 1.82) is 0 Å². The van der Waals surface area contributed by atoms with E-state index in [4.69, 9.17) is 4.99 Å². The summed E-state index contributed by atoms with van der Waals surface area (Å²) in [4.78, 5) is 21.0. The molecule has 5 nitrogen and oxygen atoms in total. The van der Waals surface area contributed by atoms with Gasteiger partial charge in [0.1, 0.15) is 0 Å². The molecule has 1 aliphatic rings. The molecule has 0 aliphatic carbocycles. The van der Waals surface area contributed by atoms with Crippen LogP contribution < -0.4 is 5.32 Å². The summed E-state index contributed by atoms with van der Waals surface area (Å²) in [5.41, 5.74) is 1.89. The molecule has 1 unspecified atom stereocenters. The van der Waals surface area contributed by atoms with Crippen LogP contribution in [0, 0.1) is 11.8 Å². The van der Waals surface area contributed by atoms with Crippen LogP contribution in [-0.2, 0) is 6.42 Å². The van der Waals surface area contributed by atoms with Gasteiger partial charge in [-0.3, -0.25) is 9.79 Å². The van der Waals surface area contributed by atoms with Crippen LogP contribution in [0.4, 0.5) is 0 Å². The van der Waals surface area contributed by atoms with E-state index in [1.165, 1.54) is 12.8 Å². The van der Waals surface area contributed by atoms with Crippen LogP contribution in [0.15, 0.2) is 29.3 Å². The minimum atomic E-state index is 0.0435. The minimum Gasteiger partial charge on any atom is -0.357 e. The third-order valence-corrected chi connectivity index (χ3v) is 4.97. The fourth-order valence-electron chi connectivity index (χ4n) is 3.72. The zero-order valence-electron chi connectivity index (χ0n) is 17.7. The van der Waals surface area contributed by atoms with Gasteiger partial charge >= 0.3 is 0 Å². The van der Waals surface area contributed by atoms with Gasteiger partial charge in [0.25, 0.3) is 5.91 Å². The maximum Gasteiger partial charge on any atom is 0.253 e. The number of amides is 1. The summed E-state index contributed by atoms with van der Waals surface area (Å²) < 4.78 is 0. The van der Waals surface area contributed by atoms with Gasteiger partial charge in [0, 0.05) is 45.8 Å². The van der Waals surface area contributed by atoms with Gasteiger partial charge in [-0.05, 0) is 55.7 Å². The Balaban J connectivity index is 1.96. The molecule has 5 heteroatoms. The van der Waals surface area contributed by atoms with Crippen molar-refractivity contribution in [2.24, 2.45) is 16.8 Å². The Morgan fingerprint density at radius 3 is 2.81 bits per heavy atom. The Hall–Kier alpha value is -2.04. The largest absolute Gasteiger partial charge is 0.357 e. The lowest BCUT2D eigenvalue weighted by molar-refractivity contribution is 0.0827. The standard InChI is InChI=1S/C22H36N4O/c1-6-23-22(26-13-11-19(16-26)14-17(2)3)24-12-10-18-8-7-9-20(15-18)21(27)25(4)5/h7-9,15,17,19H,6,10-14,16H2,1-5H3,(H,23,24). The lowest BCUT2D eigenvalue weighted by Crippen LogP contribution is -2.40. The normalized spacial score (nSPS) is 17.5. The van der Waals surface area contributed by atoms with Crippen molar-refractivity contribution in [3.63, 3.8) is 0 Å². The summed E-state index contributed by atoms with van der Waals surface area (Å²) in [6, 6.07) is 7.89. The number of hydrogen-bond donors (Lipinski definition) is 1. The number of aliphatic imine (C=N–C) groups is 1. The van der Waals surface area contributed by atoms with Gasteiger partial charge in [-0.15, -0.1) is 0 Å². The van der Waals surface area contributed by atoms with Gasteiger partial charge in [0.2, 0.25) is 0 Å². The zero-order valence-corrected chi connectivity index (χ0v) is 17.7. The number of benzene rings is 1. The molecule has 1 aliphatic heterocycles. The second-order valence-corrected chi connectivity index (χ2v) is 8.12. The van der Waals surface area contributed by atoms with Crippen molar-refractivity contribution in [1.82, 2.24) is 15.1 Å². The predicted octanol–water partition coefficient (Wildman–Crippen LogP) is 3.26. The summed E-state index contributed by atoms with van der Waals surface area (Å²) in [5.74, 6) is 2.61. The molecule has 1 fully saturated rings. The molecular formula is C22H36N4O. The first kappa shape index (κ1) is 21.3. The Morgan fingerprint density at radius 2 is 2.15 bits per heavy atom. The fraction of sp³-hybridized carbons (Fsp3) is 0.636. The van der Waals surface area contributed by atoms with Crippen molar-refractivity contribution in [2.45, 2.75) is 40.0 Å². The van der Waals surface area contributed by atoms with Crippen LogP contribution in [0.25, 0.3) is 0 Å². The number of likely N-dealkylation sites (tertiary alicyclic amines) is 1. The number of hydrogen-bond acceptors (Lipinski definition) is 2. The van der Waals surface area contributed by atoms with Gasteiger partial charge in [-0.2, -0.15) is 0 Å². The summed E-state index contributed by atoms with van der Waals surface area (Å²) in [7, 11) is 3.56. The van der Waals surface area contributed by atoms with E-state index in [1.807, 2.05) is 18.2 Å². The van der Waals surface area contributed by atoms with Gasteiger partial charge in [-0.25, -0.2) is 0 Å². The molecule has 1 amide bonds. The smallest absolute Gasteiger partial charge is 0.253 e. The molecule has 150 valence electrons. The van der Waals surface area contributed by atoms with E-state index in [9.17, 15) is 4.79 Å². The maximum absolute atomic E-state index is 12.1. The van der Waals surface area contributed by atoms with E-state index < -0.39 is 0 Å². The highest BCUT2D eigenvalue weighted by Crippen LogP contribution is 2.23. The summed E-state index contributed by atoms with van der Waals surface area (Å²) in [6.45, 7) is 10.5. The highest BCUT2D eigenvalue weighted by Gasteiger charge is 2.25. The first-order valence-electron chi connectivity index (χ1n) is 10.2. The van der Waals surface area contributed by atoms with Crippen molar-refractivity contribution < 1.29 is 4.79 Å². The van der Waals surface area contributed by atoms with Crippen molar-refractivity contribution in [3.05, 3.63) is 35.4 Å². The Bertz CT molecular complexity index is 639. The maximum atomic E-state index is 12.1. The molecule has 1 atom stereocenters. The molecule has 0 bridgehead atoms. The van der Waals surface area contributed by atoms with E-state index >= 15 is 0 Å². The summed E-state index contributed by atoms with van der Waals surface area (Å²) in [5, 5.41) is 3.44. The molecular weight excluding hydrogens is 336 g/mol. The Kier molecular flexibility index (Phi) is 8.14. The average Bonchev–Trinajstić information content (AvgIpc) is 3.08. The highest BCUT2D eigenvalue weighted by molar-refractivity contribution is 5.94. The predicted molar refractivity (Wildman–Crippen MR) is 113 cm³/mol. The van der Waals surface area contributed by atoms with Gasteiger partial charge < -0.3 is 15.1 Å². The molecule has 1 aromatic rings. The van der Waals surface area contributed by atoms with E-state index in [2.05, 4.69) is 37.1 Å². The monoisotopic (exact) mass is 372 g/mol. The highest BCUT2D eigenvalue weighted by atomic mass is 16.2. The third kappa shape index (κ3) is 6.56. The number of guanidine groups is 1. The van der Waals surface area contributed by atoms with Crippen molar-refractivity contribution >= 4 is 11.9 Å². The molecule has 0 spiro atoms. The molecule has 27 heavy (non-hydrogen) atoms. The molecule has 1 aromatic carbocycles. The van der Waals surface area contributed by atoms with E-state index in [-0.39, 0.29) is 5.91 Å². The fourth-order valence-corrected chi connectivity index (χ4v) is 3.72. The average molecular weight is 373 g/mol. The quantitative estimate of drug-likeness (QED) is 0.590. The Labute approximate surface area is 164 Å². The number of nitrogens with zero attached hydrogens (tertiary/aromatic N) is 3. The molecule has 0 aromatic heterocycles. The van der Waals surface area contributed by atoms with Gasteiger partial charge in [0.15, 0.2) is 5.96 Å². The van der Waals surface area contributed by atoms with Crippen LogP contribution in [0.3, 0.4) is 0 Å². The van der Waals surface area contributed by atoms with Crippen molar-refractivity contribution in [2.75, 3.05) is 40.3 Å². The number of carbonyl (C=O) groups is 1. The van der Waals surface area contributed by atoms with Crippen molar-refractivity contribution in [3.8, 4) is 0 Å². The Morgan fingerprint density at radius 1 is 1.37 bits per heavy atom. The van der Waals surface area contributed by atoms with E-state index in [0.717, 1.165) is 61.5 Å². The van der Waals surface area contributed by atoms with E-state index in [0.29, 0.717) is 0 Å². The topological polar surface area (TPSA) is 47.9 Å². The van der Waals surface area contributed by atoms with Crippen LogP contribution in [-0.4, -0.2) is 61.9 Å². The lowest BCUT2D eigenvalue weighted by Gasteiger charge is -2.22. The molecule has 1 heterocycles. The molecule has 1 saturated heterocycles. The second kappa shape index (κ2) is 10.3. The van der Waals surface area contributed by atoms with Crippen LogP contribution in [0.2, 0.25) is 0 Å². The molecule has 0 saturated carbocycles. The zero-order chi connectivity index (χ0) is 19.8. The van der Waals surface area contributed by atoms with Crippen LogP contribution >= 0.6 is 0 Å². The summed E-state index contributed by atoms with van der Waals surface area (Å²) in [6.07, 6.45) is 3.40. The van der Waals surface area contributed by atoms with Gasteiger partial charge in [-0.1, -0.05) is 26.0 Å². The lowest BCUT2D eigenvalue weighted by atomic mass is 9.97. The number of nitrogens with one attached hydrogen (secondary N) is 1. The third-order valence-electron chi connectivity index (χ3n) is 4.97. The van der Waals surface area contributed by atoms with Crippen LogP contribution in [0.1, 0.15) is 49.5 Å². The number of rotatable bonds is 7. The first-order chi connectivity index (χ1) is 12.9. The van der Waals surface area contributed by atoms with Gasteiger partial charge in [0.05, 0.1) is 0 Å². The molecule has 0 radical (unpaired) electrons. The molecule has 1 N–H and O–H groups in total. The molecule has 2 rings (SSSR count). The minimum absolute atomic E-state index is 0.0435. The SMILES string of the molecule is CCNC(=NCCc1cccc(C(=O)N(C)C)c1)N1CCC(CC(C)C)C1.